The Morgan fingerprint density at radius 2 is 1.16 bits per heavy atom. The molecule has 10 rings (SSSR count). The smallest absolute Gasteiger partial charge is 0.137 e. The molecule has 314 valence electrons. The van der Waals surface area contributed by atoms with Gasteiger partial charge in [0.1, 0.15) is 29.2 Å². The van der Waals surface area contributed by atoms with Crippen LogP contribution in [0.4, 0.5) is 11.6 Å². The highest BCUT2D eigenvalue weighted by Crippen LogP contribution is 2.47. The van der Waals surface area contributed by atoms with Crippen LogP contribution in [0, 0.1) is 20.8 Å². The van der Waals surface area contributed by atoms with E-state index in [-0.39, 0.29) is 4.87 Å². The van der Waals surface area contributed by atoms with Gasteiger partial charge in [0, 0.05) is 84.0 Å². The lowest BCUT2D eigenvalue weighted by molar-refractivity contribution is 0.263. The molecule has 0 amide bonds. The number of pyridine rings is 4. The molecular formula is C52H45N11S. The molecule has 0 spiro atoms. The van der Waals surface area contributed by atoms with Crippen molar-refractivity contribution in [2.24, 2.45) is 0 Å². The van der Waals surface area contributed by atoms with Crippen molar-refractivity contribution in [1.29, 1.82) is 0 Å². The predicted molar refractivity (Wildman–Crippen MR) is 258 cm³/mol. The number of aryl methyl sites for hydroxylation is 3. The molecule has 0 radical (unpaired) electrons. The average Bonchev–Trinajstić information content (AvgIpc) is 3.70. The average molecular weight is 856 g/mol. The molecule has 12 heteroatoms. The van der Waals surface area contributed by atoms with E-state index in [1.165, 1.54) is 11.1 Å². The minimum absolute atomic E-state index is 0.388. The fraction of sp³-hybridized carbons (Fsp3) is 0.154. The molecule has 64 heavy (non-hydrogen) atoms. The summed E-state index contributed by atoms with van der Waals surface area (Å²) < 4.78 is 0. The molecule has 1 atom stereocenters. The summed E-state index contributed by atoms with van der Waals surface area (Å²) in [7, 11) is 0. The number of rotatable bonds is 12. The predicted octanol–water partition coefficient (Wildman–Crippen LogP) is 11.2. The molecule has 0 saturated carbocycles. The van der Waals surface area contributed by atoms with Gasteiger partial charge in [-0.05, 0) is 144 Å². The Balaban J connectivity index is 0.890. The summed E-state index contributed by atoms with van der Waals surface area (Å²) in [6.07, 6.45) is 12.9. The maximum Gasteiger partial charge on any atom is 0.137 e. The first kappa shape index (κ1) is 40.5. The second kappa shape index (κ2) is 17.3. The van der Waals surface area contributed by atoms with Crippen LogP contribution in [0.15, 0.2) is 152 Å². The SMILES string of the molecule is Cc1cc(-c2ccc3c(NCc4ccc(-c5ccnc(C)c5)c(CN5C=CSC5(C)c5ccc6c(NCc7ccc(-c8ccnc(C)c8)nc7)ncnc6c5)c4)ncnc3c2)ccn1. The Hall–Kier alpha value is -7.57. The van der Waals surface area contributed by atoms with Crippen molar-refractivity contribution >= 4 is 45.2 Å². The quantitative estimate of drug-likeness (QED) is 0.121. The lowest BCUT2D eigenvalue weighted by atomic mass is 9.96. The van der Waals surface area contributed by atoms with E-state index in [9.17, 15) is 0 Å². The van der Waals surface area contributed by atoms with Gasteiger partial charge in [-0.1, -0.05) is 48.2 Å². The molecule has 1 aliphatic heterocycles. The first-order valence-electron chi connectivity index (χ1n) is 21.2. The largest absolute Gasteiger partial charge is 0.365 e. The number of benzene rings is 3. The van der Waals surface area contributed by atoms with Crippen LogP contribution in [-0.4, -0.2) is 44.8 Å². The maximum atomic E-state index is 4.74. The van der Waals surface area contributed by atoms with Crippen LogP contribution >= 0.6 is 11.8 Å². The zero-order chi connectivity index (χ0) is 43.6. The van der Waals surface area contributed by atoms with Gasteiger partial charge >= 0.3 is 0 Å². The molecule has 0 aliphatic carbocycles. The molecule has 1 aliphatic rings. The number of nitrogens with zero attached hydrogens (tertiary/aromatic N) is 9. The number of fused-ring (bicyclic) bond motifs is 2. The van der Waals surface area contributed by atoms with Gasteiger partial charge in [-0.3, -0.25) is 19.9 Å². The van der Waals surface area contributed by atoms with Crippen molar-refractivity contribution < 1.29 is 0 Å². The van der Waals surface area contributed by atoms with Crippen molar-refractivity contribution in [3.05, 3.63) is 192 Å². The molecule has 7 heterocycles. The van der Waals surface area contributed by atoms with Crippen LogP contribution in [0.3, 0.4) is 0 Å². The van der Waals surface area contributed by atoms with Crippen molar-refractivity contribution in [2.75, 3.05) is 10.6 Å². The Morgan fingerprint density at radius 3 is 1.86 bits per heavy atom. The highest BCUT2D eigenvalue weighted by Gasteiger charge is 2.36. The van der Waals surface area contributed by atoms with E-state index in [1.807, 2.05) is 69.8 Å². The summed E-state index contributed by atoms with van der Waals surface area (Å²) in [5.41, 5.74) is 15.8. The molecule has 6 aromatic heterocycles. The molecule has 0 fully saturated rings. The maximum absolute atomic E-state index is 4.74. The number of anilines is 2. The van der Waals surface area contributed by atoms with Crippen LogP contribution in [0.25, 0.3) is 55.3 Å². The summed E-state index contributed by atoms with van der Waals surface area (Å²) in [5.74, 6) is 1.58. The Morgan fingerprint density at radius 1 is 0.547 bits per heavy atom. The van der Waals surface area contributed by atoms with Crippen molar-refractivity contribution in [1.82, 2.24) is 44.8 Å². The number of hydrogen-bond acceptors (Lipinski definition) is 12. The topological polar surface area (TPSA) is 130 Å². The standard InChI is InChI=1S/C52H45N11S/c1-33-21-39(13-16-53-33)38-7-10-45-48(25-38)59-31-61-50(45)57-27-36-5-9-44(40-14-17-54-34(2)22-40)42(24-36)30-63-19-20-64-52(63,4)43-8-11-46-49(26-43)60-32-62-51(46)58-29-37-6-12-47(56-28-37)41-15-18-55-35(3)23-41/h5-26,28,31-32H,27,29-30H2,1-4H3,(H,57,59,61)(H,58,60,62). The number of aromatic nitrogens is 8. The highest BCUT2D eigenvalue weighted by molar-refractivity contribution is 8.03. The Bertz CT molecular complexity index is 3210. The summed E-state index contributed by atoms with van der Waals surface area (Å²) in [6.45, 7) is 10.2. The van der Waals surface area contributed by atoms with Gasteiger partial charge in [0.05, 0.1) is 16.7 Å². The van der Waals surface area contributed by atoms with Gasteiger partial charge in [-0.25, -0.2) is 19.9 Å². The zero-order valence-electron chi connectivity index (χ0n) is 36.0. The molecule has 9 aromatic rings. The zero-order valence-corrected chi connectivity index (χ0v) is 36.8. The third-order valence-corrected chi connectivity index (χ3v) is 13.0. The minimum atomic E-state index is -0.388. The van der Waals surface area contributed by atoms with Crippen LogP contribution in [0.5, 0.6) is 0 Å². The second-order valence-electron chi connectivity index (χ2n) is 16.2. The first-order chi connectivity index (χ1) is 31.3. The monoisotopic (exact) mass is 855 g/mol. The molecular weight excluding hydrogens is 811 g/mol. The van der Waals surface area contributed by atoms with Gasteiger partial charge in [-0.2, -0.15) is 0 Å². The molecule has 0 saturated heterocycles. The summed E-state index contributed by atoms with van der Waals surface area (Å²) in [4.78, 5) is 38.6. The second-order valence-corrected chi connectivity index (χ2v) is 17.5. The molecule has 0 bridgehead atoms. The van der Waals surface area contributed by atoms with E-state index in [1.54, 1.807) is 24.4 Å². The number of hydrogen-bond donors (Lipinski definition) is 2. The van der Waals surface area contributed by atoms with Crippen LogP contribution < -0.4 is 10.6 Å². The van der Waals surface area contributed by atoms with Crippen molar-refractivity contribution in [2.45, 2.75) is 52.2 Å². The van der Waals surface area contributed by atoms with Gasteiger partial charge in [0.15, 0.2) is 0 Å². The van der Waals surface area contributed by atoms with Crippen molar-refractivity contribution in [3.63, 3.8) is 0 Å². The van der Waals surface area contributed by atoms with Crippen LogP contribution in [-0.2, 0) is 24.5 Å². The molecule has 2 N–H and O–H groups in total. The van der Waals surface area contributed by atoms with Gasteiger partial charge in [0.25, 0.3) is 0 Å². The minimum Gasteiger partial charge on any atom is -0.365 e. The van der Waals surface area contributed by atoms with Crippen LogP contribution in [0.2, 0.25) is 0 Å². The summed E-state index contributed by atoms with van der Waals surface area (Å²) >= 11 is 1.80. The van der Waals surface area contributed by atoms with Gasteiger partial charge in [-0.15, -0.1) is 0 Å². The van der Waals surface area contributed by atoms with E-state index in [2.05, 4.69) is 143 Å². The van der Waals surface area contributed by atoms with Crippen molar-refractivity contribution in [3.8, 4) is 33.5 Å². The fourth-order valence-electron chi connectivity index (χ4n) is 8.32. The molecule has 11 nitrogen and oxygen atoms in total. The van der Waals surface area contributed by atoms with Gasteiger partial charge in [0.2, 0.25) is 0 Å². The van der Waals surface area contributed by atoms with E-state index in [4.69, 9.17) is 9.97 Å². The third-order valence-electron chi connectivity index (χ3n) is 11.8. The number of thioether (sulfide) groups is 1. The van der Waals surface area contributed by atoms with E-state index in [0.717, 1.165) is 95.2 Å². The lowest BCUT2D eigenvalue weighted by Gasteiger charge is -2.36. The fourth-order valence-corrected chi connectivity index (χ4v) is 9.31. The molecule has 3 aromatic carbocycles. The Kier molecular flexibility index (Phi) is 10.9. The first-order valence-corrected chi connectivity index (χ1v) is 22.1. The van der Waals surface area contributed by atoms with E-state index in [0.29, 0.717) is 19.6 Å². The van der Waals surface area contributed by atoms with E-state index >= 15 is 0 Å². The third kappa shape index (κ3) is 8.35. The lowest BCUT2D eigenvalue weighted by Crippen LogP contribution is -2.34. The van der Waals surface area contributed by atoms with Gasteiger partial charge < -0.3 is 15.5 Å². The Labute approximate surface area is 376 Å². The molecule has 1 unspecified atom stereocenters. The number of nitrogens with one attached hydrogen (secondary N) is 2. The summed E-state index contributed by atoms with van der Waals surface area (Å²) in [6, 6.07) is 36.2. The summed E-state index contributed by atoms with van der Waals surface area (Å²) in [5, 5.41) is 11.3. The normalized spacial score (nSPS) is 14.7. The van der Waals surface area contributed by atoms with Crippen LogP contribution in [0.1, 0.15) is 46.3 Å². The highest BCUT2D eigenvalue weighted by atomic mass is 32.2. The van der Waals surface area contributed by atoms with E-state index < -0.39 is 0 Å².